The minimum atomic E-state index is -1.10. The predicted molar refractivity (Wildman–Crippen MR) is 97.9 cm³/mol. The van der Waals surface area contributed by atoms with Gasteiger partial charge in [0.2, 0.25) is 0 Å². The summed E-state index contributed by atoms with van der Waals surface area (Å²) >= 11 is 1.48. The van der Waals surface area contributed by atoms with Crippen LogP contribution in [0.1, 0.15) is 25.6 Å². The number of thiophene rings is 1. The highest BCUT2D eigenvalue weighted by Gasteiger charge is 2.30. The highest BCUT2D eigenvalue weighted by Crippen LogP contribution is 2.27. The highest BCUT2D eigenvalue weighted by atomic mass is 32.1. The maximum absolute atomic E-state index is 13.1. The third-order valence-corrected chi connectivity index (χ3v) is 5.25. The van der Waals surface area contributed by atoms with Crippen LogP contribution in [0.3, 0.4) is 0 Å². The first kappa shape index (κ1) is 17.3. The van der Waals surface area contributed by atoms with Crippen molar-refractivity contribution in [2.45, 2.75) is 33.7 Å². The second-order valence-electron chi connectivity index (χ2n) is 6.52. The molecule has 0 atom stereocenters. The first-order valence-electron chi connectivity index (χ1n) is 8.01. The van der Waals surface area contributed by atoms with Crippen LogP contribution in [0.15, 0.2) is 35.3 Å². The van der Waals surface area contributed by atoms with Gasteiger partial charge in [-0.15, -0.1) is 11.3 Å². The molecule has 0 bridgehead atoms. The molecule has 0 unspecified atom stereocenters. The van der Waals surface area contributed by atoms with Gasteiger partial charge in [-0.3, -0.25) is 19.1 Å². The summed E-state index contributed by atoms with van der Waals surface area (Å²) in [7, 11) is 0. The average Bonchev–Trinajstić information content (AvgIpc) is 3.01. The van der Waals surface area contributed by atoms with Crippen LogP contribution in [0.4, 0.5) is 0 Å². The molecule has 0 aliphatic carbocycles. The fourth-order valence-electron chi connectivity index (χ4n) is 2.54. The molecule has 0 saturated carbocycles. The monoisotopic (exact) mass is 357 g/mol. The van der Waals surface area contributed by atoms with E-state index in [1.54, 1.807) is 32.2 Å². The number of nitrogens with zero attached hydrogens (tertiary/aromatic N) is 3. The van der Waals surface area contributed by atoms with Crippen LogP contribution in [0.2, 0.25) is 0 Å². The van der Waals surface area contributed by atoms with Crippen LogP contribution in [0.25, 0.3) is 21.7 Å². The van der Waals surface area contributed by atoms with E-state index in [0.29, 0.717) is 21.7 Å². The molecule has 6 nitrogen and oxygen atoms in total. The maximum Gasteiger partial charge on any atom is 0.310 e. The first-order chi connectivity index (χ1) is 11.8. The highest BCUT2D eigenvalue weighted by molar-refractivity contribution is 7.18. The van der Waals surface area contributed by atoms with E-state index in [4.69, 9.17) is 0 Å². The van der Waals surface area contributed by atoms with Crippen LogP contribution >= 0.6 is 11.3 Å². The number of hydrogen-bond donors (Lipinski definition) is 1. The minimum Gasteiger partial charge on any atom is -0.481 e. The van der Waals surface area contributed by atoms with Crippen molar-refractivity contribution in [3.63, 3.8) is 0 Å². The van der Waals surface area contributed by atoms with Crippen LogP contribution in [-0.2, 0) is 17.8 Å². The molecule has 130 valence electrons. The Morgan fingerprint density at radius 2 is 2.12 bits per heavy atom. The van der Waals surface area contributed by atoms with Crippen molar-refractivity contribution in [1.29, 1.82) is 0 Å². The van der Waals surface area contributed by atoms with Crippen molar-refractivity contribution in [2.75, 3.05) is 0 Å². The van der Waals surface area contributed by atoms with Gasteiger partial charge in [0.1, 0.15) is 10.5 Å². The van der Waals surface area contributed by atoms with Crippen LogP contribution < -0.4 is 5.56 Å². The fraction of sp³-hybridized carbons (Fsp3) is 0.333. The lowest BCUT2D eigenvalue weighted by Crippen LogP contribution is -2.35. The van der Waals surface area contributed by atoms with Crippen molar-refractivity contribution in [3.05, 3.63) is 45.7 Å². The molecule has 3 heterocycles. The van der Waals surface area contributed by atoms with Crippen LogP contribution in [-0.4, -0.2) is 25.6 Å². The Labute approximate surface area is 148 Å². The van der Waals surface area contributed by atoms with Gasteiger partial charge in [-0.1, -0.05) is 13.0 Å². The molecule has 0 spiro atoms. The van der Waals surface area contributed by atoms with Gasteiger partial charge in [-0.05, 0) is 38.5 Å². The molecule has 3 aromatic rings. The van der Waals surface area contributed by atoms with Crippen LogP contribution in [0.5, 0.6) is 0 Å². The number of fused-ring (bicyclic) bond motifs is 1. The number of hydrogen-bond acceptors (Lipinski definition) is 5. The van der Waals surface area contributed by atoms with Crippen molar-refractivity contribution < 1.29 is 9.90 Å². The molecule has 7 heteroatoms. The molecule has 0 saturated heterocycles. The van der Waals surface area contributed by atoms with Crippen molar-refractivity contribution in [3.8, 4) is 11.5 Å². The topological polar surface area (TPSA) is 85.1 Å². The lowest BCUT2D eigenvalue weighted by atomic mass is 9.93. The Hall–Kier alpha value is -2.54. The van der Waals surface area contributed by atoms with E-state index >= 15 is 0 Å². The molecule has 0 fully saturated rings. The smallest absolute Gasteiger partial charge is 0.310 e. The second-order valence-corrected chi connectivity index (χ2v) is 7.63. The largest absolute Gasteiger partial charge is 0.481 e. The standard InChI is InChI=1S/C18H19N3O3S/c1-4-11-9-12-15(25-11)20-14(13-7-5-6-8-19-13)21(16(12)22)10-18(2,3)17(23)24/h5-9H,4,10H2,1-3H3,(H,23,24). The summed E-state index contributed by atoms with van der Waals surface area (Å²) in [4.78, 5) is 35.3. The third kappa shape index (κ3) is 3.19. The quantitative estimate of drug-likeness (QED) is 0.758. The normalized spacial score (nSPS) is 11.8. The molecule has 0 radical (unpaired) electrons. The van der Waals surface area contributed by atoms with Gasteiger partial charge in [-0.25, -0.2) is 4.98 Å². The minimum absolute atomic E-state index is 0.0212. The molecule has 0 aromatic carbocycles. The third-order valence-electron chi connectivity index (χ3n) is 4.08. The zero-order valence-corrected chi connectivity index (χ0v) is 15.1. The zero-order valence-electron chi connectivity index (χ0n) is 14.3. The SMILES string of the molecule is CCc1cc2c(=O)n(CC(C)(C)C(=O)O)c(-c3ccccn3)nc2s1. The van der Waals surface area contributed by atoms with Crippen LogP contribution in [0, 0.1) is 5.41 Å². The van der Waals surface area contributed by atoms with Gasteiger partial charge >= 0.3 is 5.97 Å². The van der Waals surface area contributed by atoms with E-state index in [0.717, 1.165) is 11.3 Å². The van der Waals surface area contributed by atoms with E-state index in [9.17, 15) is 14.7 Å². The Bertz CT molecular complexity index is 990. The molecular formula is C18H19N3O3S. The summed E-state index contributed by atoms with van der Waals surface area (Å²) in [5.41, 5.74) is -0.781. The summed E-state index contributed by atoms with van der Waals surface area (Å²) < 4.78 is 1.44. The fourth-order valence-corrected chi connectivity index (χ4v) is 3.50. The van der Waals surface area contributed by atoms with Gasteiger partial charge in [-0.2, -0.15) is 0 Å². The summed E-state index contributed by atoms with van der Waals surface area (Å²) in [6.45, 7) is 5.24. The zero-order chi connectivity index (χ0) is 18.2. The predicted octanol–water partition coefficient (Wildman–Crippen LogP) is 3.19. The number of rotatable bonds is 5. The second kappa shape index (κ2) is 6.40. The van der Waals surface area contributed by atoms with Gasteiger partial charge < -0.3 is 5.11 Å². The molecule has 3 aromatic heterocycles. The Balaban J connectivity index is 2.29. The number of carboxylic acids is 1. The molecule has 1 N–H and O–H groups in total. The molecule has 0 amide bonds. The average molecular weight is 357 g/mol. The van der Waals surface area contributed by atoms with Gasteiger partial charge in [0.15, 0.2) is 5.82 Å². The molecule has 0 aliphatic rings. The summed E-state index contributed by atoms with van der Waals surface area (Å²) in [5, 5.41) is 9.99. The van der Waals surface area contributed by atoms with Gasteiger partial charge in [0.25, 0.3) is 5.56 Å². The summed E-state index contributed by atoms with van der Waals surface area (Å²) in [6.07, 6.45) is 2.45. The van der Waals surface area contributed by atoms with Crippen molar-refractivity contribution in [2.24, 2.45) is 5.41 Å². The van der Waals surface area contributed by atoms with Crippen molar-refractivity contribution in [1.82, 2.24) is 14.5 Å². The molecule has 25 heavy (non-hydrogen) atoms. The summed E-state index contributed by atoms with van der Waals surface area (Å²) in [5.74, 6) is -0.567. The van der Waals surface area contributed by atoms with Gasteiger partial charge in [0, 0.05) is 17.6 Å². The number of aromatic nitrogens is 3. The van der Waals surface area contributed by atoms with E-state index in [-0.39, 0.29) is 12.1 Å². The molecular weight excluding hydrogens is 338 g/mol. The molecule has 3 rings (SSSR count). The molecule has 0 aliphatic heterocycles. The lowest BCUT2D eigenvalue weighted by Gasteiger charge is -2.22. The van der Waals surface area contributed by atoms with E-state index in [1.165, 1.54) is 15.9 Å². The number of aliphatic carboxylic acids is 1. The lowest BCUT2D eigenvalue weighted by molar-refractivity contribution is -0.147. The number of aryl methyl sites for hydroxylation is 1. The number of pyridine rings is 1. The van der Waals surface area contributed by atoms with E-state index in [2.05, 4.69) is 9.97 Å². The summed E-state index contributed by atoms with van der Waals surface area (Å²) in [6, 6.07) is 7.22. The van der Waals surface area contributed by atoms with Gasteiger partial charge in [0.05, 0.1) is 10.8 Å². The number of carboxylic acid groups (broad SMARTS) is 1. The van der Waals surface area contributed by atoms with E-state index in [1.807, 2.05) is 19.1 Å². The Kier molecular flexibility index (Phi) is 4.43. The van der Waals surface area contributed by atoms with Crippen molar-refractivity contribution >= 4 is 27.5 Å². The maximum atomic E-state index is 13.1. The van der Waals surface area contributed by atoms with E-state index < -0.39 is 11.4 Å². The Morgan fingerprint density at radius 1 is 1.36 bits per heavy atom. The Morgan fingerprint density at radius 3 is 2.72 bits per heavy atom. The number of carbonyl (C=O) groups is 1. The first-order valence-corrected chi connectivity index (χ1v) is 8.83.